The predicted molar refractivity (Wildman–Crippen MR) is 125 cm³/mol. The number of likely N-dealkylation sites (tertiary alicyclic amines) is 1. The highest BCUT2D eigenvalue weighted by Crippen LogP contribution is 2.46. The number of ether oxygens (including phenoxy) is 2. The first-order valence-electron chi connectivity index (χ1n) is 11.8. The molecule has 1 aliphatic carbocycles. The number of nitrogens with zero attached hydrogens (tertiary/aromatic N) is 2. The SMILES string of the molecule is COC(=O)Nc1ccc2c(c1)CCC21OC(=O)N(CC(=O)N2[C@@H](C)CC[C@H]2c2ccc(F)cc2)C1=O. The lowest BCUT2D eigenvalue weighted by Crippen LogP contribution is -2.46. The highest BCUT2D eigenvalue weighted by molar-refractivity contribution is 6.06. The number of imide groups is 1. The molecule has 3 aliphatic rings. The summed E-state index contributed by atoms with van der Waals surface area (Å²) in [6.07, 6.45) is 0.691. The fourth-order valence-electron chi connectivity index (χ4n) is 5.53. The van der Waals surface area contributed by atoms with E-state index in [4.69, 9.17) is 4.74 Å². The van der Waals surface area contributed by atoms with Gasteiger partial charge in [0.05, 0.1) is 13.2 Å². The molecule has 2 aromatic carbocycles. The van der Waals surface area contributed by atoms with Crippen LogP contribution in [0.3, 0.4) is 0 Å². The Morgan fingerprint density at radius 2 is 1.92 bits per heavy atom. The molecule has 2 fully saturated rings. The van der Waals surface area contributed by atoms with Crippen LogP contribution in [-0.2, 0) is 31.1 Å². The van der Waals surface area contributed by atoms with Crippen LogP contribution in [0.1, 0.15) is 48.9 Å². The van der Waals surface area contributed by atoms with Gasteiger partial charge in [-0.25, -0.2) is 18.9 Å². The van der Waals surface area contributed by atoms with E-state index in [2.05, 4.69) is 10.1 Å². The Bertz CT molecular complexity index is 1250. The molecule has 0 bridgehead atoms. The summed E-state index contributed by atoms with van der Waals surface area (Å²) in [4.78, 5) is 53.8. The summed E-state index contributed by atoms with van der Waals surface area (Å²) in [5.74, 6) is -1.30. The lowest BCUT2D eigenvalue weighted by Gasteiger charge is -2.30. The first kappa shape index (κ1) is 23.8. The molecular weight excluding hydrogens is 469 g/mol. The zero-order valence-corrected chi connectivity index (χ0v) is 20.0. The number of aryl methyl sites for hydroxylation is 1. The number of hydrogen-bond donors (Lipinski definition) is 1. The molecule has 2 aromatic rings. The van der Waals surface area contributed by atoms with Crippen LogP contribution in [-0.4, -0.2) is 53.5 Å². The van der Waals surface area contributed by atoms with E-state index >= 15 is 0 Å². The van der Waals surface area contributed by atoms with Crippen LogP contribution in [0, 0.1) is 5.82 Å². The third-order valence-electron chi connectivity index (χ3n) is 7.30. The molecule has 36 heavy (non-hydrogen) atoms. The molecule has 10 heteroatoms. The minimum Gasteiger partial charge on any atom is -0.453 e. The minimum atomic E-state index is -1.48. The van der Waals surface area contributed by atoms with Crippen molar-refractivity contribution in [2.45, 2.75) is 50.3 Å². The Labute approximate surface area is 207 Å². The number of hydrogen-bond acceptors (Lipinski definition) is 6. The largest absolute Gasteiger partial charge is 0.453 e. The van der Waals surface area contributed by atoms with Crippen LogP contribution in [0.2, 0.25) is 0 Å². The van der Waals surface area contributed by atoms with Gasteiger partial charge in [-0.1, -0.05) is 18.2 Å². The molecule has 2 aliphatic heterocycles. The molecule has 2 saturated heterocycles. The minimum absolute atomic E-state index is 0.0943. The maximum atomic E-state index is 13.5. The molecule has 0 aromatic heterocycles. The molecule has 1 spiro atoms. The quantitative estimate of drug-likeness (QED) is 0.690. The Morgan fingerprint density at radius 1 is 1.17 bits per heavy atom. The van der Waals surface area contributed by atoms with Crippen LogP contribution in [0.15, 0.2) is 42.5 Å². The molecule has 9 nitrogen and oxygen atoms in total. The molecule has 1 N–H and O–H groups in total. The van der Waals surface area contributed by atoms with Gasteiger partial charge in [-0.05, 0) is 61.6 Å². The number of carbonyl (C=O) groups excluding carboxylic acids is 4. The topological polar surface area (TPSA) is 105 Å². The second-order valence-corrected chi connectivity index (χ2v) is 9.37. The van der Waals surface area contributed by atoms with Crippen LogP contribution < -0.4 is 5.32 Å². The van der Waals surface area contributed by atoms with Crippen molar-refractivity contribution >= 4 is 29.7 Å². The summed E-state index contributed by atoms with van der Waals surface area (Å²) < 4.78 is 23.6. The van der Waals surface area contributed by atoms with Gasteiger partial charge in [0.25, 0.3) is 5.91 Å². The molecule has 3 atom stereocenters. The van der Waals surface area contributed by atoms with Gasteiger partial charge in [-0.2, -0.15) is 0 Å². The molecule has 5 rings (SSSR count). The van der Waals surface area contributed by atoms with Crippen molar-refractivity contribution in [3.63, 3.8) is 0 Å². The molecule has 188 valence electrons. The van der Waals surface area contributed by atoms with Gasteiger partial charge < -0.3 is 14.4 Å². The van der Waals surface area contributed by atoms with Crippen LogP contribution in [0.5, 0.6) is 0 Å². The van der Waals surface area contributed by atoms with E-state index in [1.165, 1.54) is 19.2 Å². The molecule has 0 radical (unpaired) electrons. The molecular formula is C26H26FN3O6. The Morgan fingerprint density at radius 3 is 2.64 bits per heavy atom. The van der Waals surface area contributed by atoms with Gasteiger partial charge in [0.1, 0.15) is 12.4 Å². The molecule has 2 heterocycles. The Hall–Kier alpha value is -3.95. The standard InChI is InChI=1S/C26H26FN3O6/c1-15-3-10-21(16-4-6-18(27)7-5-16)30(15)22(31)14-29-23(32)26(36-25(29)34)12-11-17-13-19(8-9-20(17)26)28-24(33)35-2/h4-9,13,15,21H,3,10-12,14H2,1-2H3,(H,28,33)/t15-,21-,26?/m0/s1. The number of benzene rings is 2. The van der Waals surface area contributed by atoms with Crippen molar-refractivity contribution in [1.82, 2.24) is 9.80 Å². The monoisotopic (exact) mass is 495 g/mol. The second kappa shape index (κ2) is 8.92. The van der Waals surface area contributed by atoms with Crippen molar-refractivity contribution in [3.8, 4) is 0 Å². The number of anilines is 1. The summed E-state index contributed by atoms with van der Waals surface area (Å²) in [6.45, 7) is 1.49. The van der Waals surface area contributed by atoms with Gasteiger partial charge in [-0.15, -0.1) is 0 Å². The number of amides is 4. The van der Waals surface area contributed by atoms with Crippen LogP contribution in [0.25, 0.3) is 0 Å². The van der Waals surface area contributed by atoms with Crippen molar-refractivity contribution < 1.29 is 33.0 Å². The number of rotatable bonds is 4. The van der Waals surface area contributed by atoms with E-state index in [1.54, 1.807) is 35.2 Å². The van der Waals surface area contributed by atoms with Crippen molar-refractivity contribution in [2.75, 3.05) is 19.0 Å². The van der Waals surface area contributed by atoms with Gasteiger partial charge in [0.2, 0.25) is 11.5 Å². The number of fused-ring (bicyclic) bond motifs is 2. The summed E-state index contributed by atoms with van der Waals surface area (Å²) in [6, 6.07) is 10.6. The Kier molecular flexibility index (Phi) is 5.89. The molecule has 4 amide bonds. The lowest BCUT2D eigenvalue weighted by atomic mass is 9.94. The van der Waals surface area contributed by atoms with E-state index in [0.29, 0.717) is 24.1 Å². The first-order valence-corrected chi connectivity index (χ1v) is 11.8. The molecule has 0 saturated carbocycles. The fourth-order valence-corrected chi connectivity index (χ4v) is 5.53. The van der Waals surface area contributed by atoms with Gasteiger partial charge in [0.15, 0.2) is 0 Å². The zero-order valence-electron chi connectivity index (χ0n) is 20.0. The van der Waals surface area contributed by atoms with E-state index in [1.807, 2.05) is 6.92 Å². The Balaban J connectivity index is 1.35. The maximum absolute atomic E-state index is 13.5. The third-order valence-corrected chi connectivity index (χ3v) is 7.30. The van der Waals surface area contributed by atoms with Gasteiger partial charge in [-0.3, -0.25) is 14.9 Å². The van der Waals surface area contributed by atoms with E-state index in [0.717, 1.165) is 22.4 Å². The third kappa shape index (κ3) is 3.86. The van der Waals surface area contributed by atoms with E-state index in [9.17, 15) is 23.6 Å². The predicted octanol–water partition coefficient (Wildman–Crippen LogP) is 3.88. The lowest BCUT2D eigenvalue weighted by molar-refractivity contribution is -0.143. The number of halogens is 1. The summed E-state index contributed by atoms with van der Waals surface area (Å²) in [5.41, 5.74) is 1.13. The second-order valence-electron chi connectivity index (χ2n) is 9.37. The van der Waals surface area contributed by atoms with Gasteiger partial charge in [0, 0.05) is 23.7 Å². The van der Waals surface area contributed by atoms with Crippen LogP contribution in [0.4, 0.5) is 19.7 Å². The number of methoxy groups -OCH3 is 1. The van der Waals surface area contributed by atoms with Crippen LogP contribution >= 0.6 is 0 Å². The average molecular weight is 496 g/mol. The average Bonchev–Trinajstić information content (AvgIpc) is 3.49. The molecule has 1 unspecified atom stereocenters. The maximum Gasteiger partial charge on any atom is 0.418 e. The summed E-state index contributed by atoms with van der Waals surface area (Å²) in [5, 5.41) is 2.58. The highest BCUT2D eigenvalue weighted by Gasteiger charge is 2.58. The fraction of sp³-hybridized carbons (Fsp3) is 0.385. The summed E-state index contributed by atoms with van der Waals surface area (Å²) in [7, 11) is 1.26. The normalized spacial score (nSPS) is 24.8. The van der Waals surface area contributed by atoms with E-state index < -0.39 is 30.2 Å². The van der Waals surface area contributed by atoms with Gasteiger partial charge >= 0.3 is 12.2 Å². The van der Waals surface area contributed by atoms with Crippen molar-refractivity contribution in [1.29, 1.82) is 0 Å². The number of nitrogens with one attached hydrogen (secondary N) is 1. The summed E-state index contributed by atoms with van der Waals surface area (Å²) >= 11 is 0. The van der Waals surface area contributed by atoms with E-state index in [-0.39, 0.29) is 30.2 Å². The van der Waals surface area contributed by atoms with Crippen molar-refractivity contribution in [2.24, 2.45) is 0 Å². The first-order chi connectivity index (χ1) is 17.2. The zero-order chi connectivity index (χ0) is 25.6. The highest BCUT2D eigenvalue weighted by atomic mass is 19.1. The smallest absolute Gasteiger partial charge is 0.418 e. The van der Waals surface area contributed by atoms with Crippen molar-refractivity contribution in [3.05, 3.63) is 65.0 Å². The number of carbonyl (C=O) groups is 4.